The van der Waals surface area contributed by atoms with Gasteiger partial charge in [-0.3, -0.25) is 4.79 Å². The Kier molecular flexibility index (Phi) is 3.84. The molecule has 4 atom stereocenters. The van der Waals surface area contributed by atoms with Crippen molar-refractivity contribution in [1.82, 2.24) is 0 Å². The Morgan fingerprint density at radius 3 is 3.00 bits per heavy atom. The highest BCUT2D eigenvalue weighted by molar-refractivity contribution is 5.73. The molecule has 0 aromatic heterocycles. The number of esters is 1. The third kappa shape index (κ3) is 2.38. The van der Waals surface area contributed by atoms with Crippen LogP contribution >= 0.6 is 0 Å². The Hall–Kier alpha value is -0.870. The molecule has 1 saturated carbocycles. The number of allylic oxidation sites excluding steroid dienone is 1. The lowest BCUT2D eigenvalue weighted by Crippen LogP contribution is -2.45. The van der Waals surface area contributed by atoms with Gasteiger partial charge in [-0.05, 0) is 32.6 Å². The quantitative estimate of drug-likeness (QED) is 0.558. The van der Waals surface area contributed by atoms with Crippen LogP contribution in [-0.4, -0.2) is 35.0 Å². The van der Waals surface area contributed by atoms with E-state index in [1.54, 1.807) is 6.92 Å². The number of carbonyl (C=O) groups is 1. The zero-order valence-corrected chi connectivity index (χ0v) is 10.1. The largest absolute Gasteiger partial charge is 0.466 e. The maximum absolute atomic E-state index is 11.7. The SMILES string of the molecule is CCOC(=O)[C@@H]1CC=C2CCC[C@H](O)[C@@H]2[C@H]1O. The standard InChI is InChI=1S/C13H20O4/c1-2-17-13(16)9-7-6-8-4-3-5-10(14)11(8)12(9)15/h6,9-12,14-15H,2-5,7H2,1H3/t9-,10+,11-,12+/m1/s1. The molecule has 4 nitrogen and oxygen atoms in total. The lowest BCUT2D eigenvalue weighted by molar-refractivity contribution is -0.155. The van der Waals surface area contributed by atoms with Gasteiger partial charge in [-0.1, -0.05) is 11.6 Å². The van der Waals surface area contributed by atoms with E-state index >= 15 is 0 Å². The van der Waals surface area contributed by atoms with Gasteiger partial charge in [-0.15, -0.1) is 0 Å². The number of ether oxygens (including phenoxy) is 1. The van der Waals surface area contributed by atoms with Crippen LogP contribution in [0, 0.1) is 11.8 Å². The minimum Gasteiger partial charge on any atom is -0.466 e. The normalized spacial score (nSPS) is 37.0. The van der Waals surface area contributed by atoms with Crippen molar-refractivity contribution in [3.8, 4) is 0 Å². The number of hydrogen-bond acceptors (Lipinski definition) is 4. The Labute approximate surface area is 101 Å². The zero-order chi connectivity index (χ0) is 12.4. The van der Waals surface area contributed by atoms with Crippen molar-refractivity contribution in [2.45, 2.75) is 44.8 Å². The molecule has 0 heterocycles. The first-order chi connectivity index (χ1) is 8.15. The molecular weight excluding hydrogens is 220 g/mol. The van der Waals surface area contributed by atoms with Crippen molar-refractivity contribution < 1.29 is 19.7 Å². The summed E-state index contributed by atoms with van der Waals surface area (Å²) in [5.41, 5.74) is 1.11. The van der Waals surface area contributed by atoms with Crippen LogP contribution in [0.2, 0.25) is 0 Å². The summed E-state index contributed by atoms with van der Waals surface area (Å²) in [6.45, 7) is 2.08. The Bertz CT molecular complexity index is 323. The Morgan fingerprint density at radius 2 is 2.29 bits per heavy atom. The van der Waals surface area contributed by atoms with E-state index in [-0.39, 0.29) is 11.9 Å². The summed E-state index contributed by atoms with van der Waals surface area (Å²) in [5, 5.41) is 20.2. The molecule has 0 bridgehead atoms. The molecule has 0 radical (unpaired) electrons. The van der Waals surface area contributed by atoms with Crippen molar-refractivity contribution in [3.63, 3.8) is 0 Å². The monoisotopic (exact) mass is 240 g/mol. The van der Waals surface area contributed by atoms with E-state index in [2.05, 4.69) is 0 Å². The molecule has 0 aliphatic heterocycles. The van der Waals surface area contributed by atoms with Crippen molar-refractivity contribution in [1.29, 1.82) is 0 Å². The van der Waals surface area contributed by atoms with Crippen LogP contribution < -0.4 is 0 Å². The lowest BCUT2D eigenvalue weighted by Gasteiger charge is -2.39. The second-order valence-corrected chi connectivity index (χ2v) is 4.85. The summed E-state index contributed by atoms with van der Waals surface area (Å²) in [7, 11) is 0. The van der Waals surface area contributed by atoms with Crippen molar-refractivity contribution in [3.05, 3.63) is 11.6 Å². The molecule has 96 valence electrons. The molecular formula is C13H20O4. The average Bonchev–Trinajstić information content (AvgIpc) is 2.29. The minimum absolute atomic E-state index is 0.271. The topological polar surface area (TPSA) is 66.8 Å². The Morgan fingerprint density at radius 1 is 1.53 bits per heavy atom. The molecule has 2 rings (SSSR count). The number of rotatable bonds is 2. The fraction of sp³-hybridized carbons (Fsp3) is 0.769. The van der Waals surface area contributed by atoms with Gasteiger partial charge in [-0.25, -0.2) is 0 Å². The molecule has 2 N–H and O–H groups in total. The first kappa shape index (κ1) is 12.6. The van der Waals surface area contributed by atoms with Gasteiger partial charge in [0.1, 0.15) is 0 Å². The van der Waals surface area contributed by atoms with Gasteiger partial charge in [0, 0.05) is 5.92 Å². The van der Waals surface area contributed by atoms with E-state index in [4.69, 9.17) is 4.74 Å². The van der Waals surface area contributed by atoms with Gasteiger partial charge >= 0.3 is 5.97 Å². The van der Waals surface area contributed by atoms with E-state index in [0.717, 1.165) is 18.4 Å². The summed E-state index contributed by atoms with van der Waals surface area (Å²) in [6, 6.07) is 0. The second kappa shape index (κ2) is 5.19. The summed E-state index contributed by atoms with van der Waals surface area (Å²) >= 11 is 0. The van der Waals surface area contributed by atoms with Gasteiger partial charge in [0.15, 0.2) is 0 Å². The van der Waals surface area contributed by atoms with Gasteiger partial charge in [0.05, 0.1) is 24.7 Å². The van der Waals surface area contributed by atoms with Crippen LogP contribution in [-0.2, 0) is 9.53 Å². The van der Waals surface area contributed by atoms with Gasteiger partial charge in [-0.2, -0.15) is 0 Å². The predicted octanol–water partition coefficient (Wildman–Crippen LogP) is 1.02. The molecule has 1 fully saturated rings. The molecule has 0 unspecified atom stereocenters. The third-order valence-corrected chi connectivity index (χ3v) is 3.81. The highest BCUT2D eigenvalue weighted by Gasteiger charge is 2.42. The fourth-order valence-electron chi connectivity index (χ4n) is 2.95. The smallest absolute Gasteiger partial charge is 0.311 e. The minimum atomic E-state index is -0.802. The molecule has 2 aliphatic carbocycles. The fourth-order valence-corrected chi connectivity index (χ4v) is 2.95. The first-order valence-corrected chi connectivity index (χ1v) is 6.36. The highest BCUT2D eigenvalue weighted by atomic mass is 16.5. The van der Waals surface area contributed by atoms with Gasteiger partial charge < -0.3 is 14.9 Å². The van der Waals surface area contributed by atoms with Gasteiger partial charge in [0.2, 0.25) is 0 Å². The second-order valence-electron chi connectivity index (χ2n) is 4.85. The number of aliphatic hydroxyl groups excluding tert-OH is 2. The molecule has 0 aromatic rings. The Balaban J connectivity index is 2.14. The molecule has 0 amide bonds. The van der Waals surface area contributed by atoms with Crippen LogP contribution in [0.1, 0.15) is 32.6 Å². The number of aliphatic hydroxyl groups is 2. The molecule has 4 heteroatoms. The molecule has 0 saturated heterocycles. The van der Waals surface area contributed by atoms with E-state index in [0.29, 0.717) is 19.4 Å². The van der Waals surface area contributed by atoms with Crippen molar-refractivity contribution in [2.24, 2.45) is 11.8 Å². The molecule has 2 aliphatic rings. The zero-order valence-electron chi connectivity index (χ0n) is 10.1. The lowest BCUT2D eigenvalue weighted by atomic mass is 9.70. The number of fused-ring (bicyclic) bond motifs is 1. The third-order valence-electron chi connectivity index (χ3n) is 3.81. The van der Waals surface area contributed by atoms with Gasteiger partial charge in [0.25, 0.3) is 0 Å². The number of carbonyl (C=O) groups excluding carboxylic acids is 1. The van der Waals surface area contributed by atoms with Crippen LogP contribution in [0.4, 0.5) is 0 Å². The van der Waals surface area contributed by atoms with Crippen LogP contribution in [0.3, 0.4) is 0 Å². The average molecular weight is 240 g/mol. The van der Waals surface area contributed by atoms with Crippen LogP contribution in [0.5, 0.6) is 0 Å². The maximum Gasteiger partial charge on any atom is 0.311 e. The maximum atomic E-state index is 11.7. The molecule has 17 heavy (non-hydrogen) atoms. The first-order valence-electron chi connectivity index (χ1n) is 6.36. The van der Waals surface area contributed by atoms with E-state index in [1.807, 2.05) is 6.08 Å². The number of hydrogen-bond donors (Lipinski definition) is 2. The van der Waals surface area contributed by atoms with E-state index < -0.39 is 18.1 Å². The molecule has 0 aromatic carbocycles. The summed E-state index contributed by atoms with van der Waals surface area (Å²) in [5.74, 6) is -1.14. The summed E-state index contributed by atoms with van der Waals surface area (Å²) < 4.78 is 4.96. The van der Waals surface area contributed by atoms with E-state index in [1.165, 1.54) is 0 Å². The van der Waals surface area contributed by atoms with E-state index in [9.17, 15) is 15.0 Å². The predicted molar refractivity (Wildman–Crippen MR) is 62.2 cm³/mol. The molecule has 0 spiro atoms. The van der Waals surface area contributed by atoms with Crippen LogP contribution in [0.25, 0.3) is 0 Å². The summed E-state index contributed by atoms with van der Waals surface area (Å²) in [6.07, 6.45) is 3.79. The van der Waals surface area contributed by atoms with Crippen LogP contribution in [0.15, 0.2) is 11.6 Å². The van der Waals surface area contributed by atoms with Crippen molar-refractivity contribution >= 4 is 5.97 Å². The van der Waals surface area contributed by atoms with Crippen molar-refractivity contribution in [2.75, 3.05) is 6.61 Å². The summed E-state index contributed by atoms with van der Waals surface area (Å²) in [4.78, 5) is 11.7. The highest BCUT2D eigenvalue weighted by Crippen LogP contribution is 2.39.